The molecule has 16 rings (SSSR count). The molecule has 70 heavy (non-hydrogen) atoms. The summed E-state index contributed by atoms with van der Waals surface area (Å²) in [6, 6.07) is 70.1. The number of benzene rings is 10. The van der Waals surface area contributed by atoms with E-state index in [9.17, 15) is 11.8 Å². The summed E-state index contributed by atoms with van der Waals surface area (Å²) in [6.45, 7) is 9.36. The number of hydrogen-bond donors (Lipinski definition) is 0. The number of fused-ring (bicyclic) bond motifs is 21. The van der Waals surface area contributed by atoms with E-state index in [0.29, 0.717) is 22.6 Å². The molecular formula is C62H31N5S3. The Morgan fingerprint density at radius 1 is 0.357 bits per heavy atom. The Morgan fingerprint density at radius 2 is 0.714 bits per heavy atom. The van der Waals surface area contributed by atoms with Gasteiger partial charge in [0, 0.05) is 92.8 Å². The molecule has 0 saturated carbocycles. The molecule has 8 heteroatoms. The first kappa shape index (κ1) is 38.2. The summed E-state index contributed by atoms with van der Waals surface area (Å²) in [5.41, 5.74) is 8.75. The standard InChI is InChI=1S/C62H31N5S3/c1-64-61-40(33-63)47(65-41-20-8-2-14-34(41)55-44(65)26-29-52-58(55)37-17-5-11-23-49(37)68-52)32-48(66-42-21-9-3-15-35(42)56-45(66)27-30-53-59(56)38-18-6-12-24-50(38)69-53)62(61)67-43-22-10-4-16-36(43)57-46(67)28-31-54-60(57)39-19-7-13-25-51(39)70-54/h2-32H. The minimum atomic E-state index is 0.300. The highest BCUT2D eigenvalue weighted by Crippen LogP contribution is 2.51. The minimum absolute atomic E-state index is 0.300. The lowest BCUT2D eigenvalue weighted by Crippen LogP contribution is -2.08. The Morgan fingerprint density at radius 3 is 1.13 bits per heavy atom. The molecule has 322 valence electrons. The van der Waals surface area contributed by atoms with Crippen molar-refractivity contribution in [1.29, 1.82) is 5.26 Å². The van der Waals surface area contributed by atoms with Crippen molar-refractivity contribution >= 4 is 166 Å². The van der Waals surface area contributed by atoms with Crippen LogP contribution in [0.2, 0.25) is 0 Å². The van der Waals surface area contributed by atoms with Crippen molar-refractivity contribution in [3.8, 4) is 23.1 Å². The summed E-state index contributed by atoms with van der Waals surface area (Å²) < 4.78 is 14.3. The van der Waals surface area contributed by atoms with E-state index in [2.05, 4.69) is 213 Å². The zero-order valence-corrected chi connectivity index (χ0v) is 39.3. The van der Waals surface area contributed by atoms with E-state index in [0.717, 1.165) is 65.7 Å². The number of nitriles is 1. The molecule has 0 aliphatic rings. The van der Waals surface area contributed by atoms with Crippen LogP contribution in [0, 0.1) is 17.9 Å². The van der Waals surface area contributed by atoms with Crippen LogP contribution in [0.1, 0.15) is 5.56 Å². The SMILES string of the molecule is [C-]#[N+]c1c(C#N)c(-n2c3ccccc3c3c4c(ccc32)sc2ccccc24)cc(-n2c3ccccc3c3c4c(ccc32)sc2ccccc24)c1-n1c2ccccc2c2c3c(ccc21)sc1ccccc13. The Bertz CT molecular complexity index is 5110. The molecule has 16 aromatic rings. The van der Waals surface area contributed by atoms with Gasteiger partial charge in [-0.1, -0.05) is 109 Å². The summed E-state index contributed by atoms with van der Waals surface area (Å²) >= 11 is 5.44. The van der Waals surface area contributed by atoms with E-state index in [1.54, 1.807) is 11.3 Å². The largest absolute Gasteiger partial charge is 0.317 e. The first-order valence-corrected chi connectivity index (χ1v) is 25.6. The van der Waals surface area contributed by atoms with Crippen LogP contribution in [0.5, 0.6) is 0 Å². The fourth-order valence-corrected chi connectivity index (χ4v) is 15.3. The second kappa shape index (κ2) is 13.9. The van der Waals surface area contributed by atoms with Crippen molar-refractivity contribution in [1.82, 2.24) is 13.7 Å². The number of rotatable bonds is 3. The van der Waals surface area contributed by atoms with Gasteiger partial charge in [-0.3, -0.25) is 0 Å². The van der Waals surface area contributed by atoms with E-state index in [4.69, 9.17) is 0 Å². The van der Waals surface area contributed by atoms with Gasteiger partial charge < -0.3 is 13.7 Å². The zero-order valence-electron chi connectivity index (χ0n) is 36.9. The third-order valence-corrected chi connectivity index (χ3v) is 18.1. The van der Waals surface area contributed by atoms with Gasteiger partial charge in [-0.15, -0.1) is 34.0 Å². The predicted octanol–water partition coefficient (Wildman–Crippen LogP) is 18.5. The lowest BCUT2D eigenvalue weighted by atomic mass is 10.0. The number of thiophene rings is 3. The molecule has 0 aliphatic heterocycles. The van der Waals surface area contributed by atoms with Crippen LogP contribution in [-0.4, -0.2) is 13.7 Å². The molecule has 6 aromatic heterocycles. The highest BCUT2D eigenvalue weighted by atomic mass is 32.1. The number of para-hydroxylation sites is 3. The van der Waals surface area contributed by atoms with Crippen molar-refractivity contribution < 1.29 is 0 Å². The van der Waals surface area contributed by atoms with Crippen molar-refractivity contribution in [3.05, 3.63) is 205 Å². The van der Waals surface area contributed by atoms with Gasteiger partial charge in [-0.05, 0) is 78.9 Å². The summed E-state index contributed by atoms with van der Waals surface area (Å²) in [5.74, 6) is 0. The fraction of sp³-hybridized carbons (Fsp3) is 0. The van der Waals surface area contributed by atoms with Crippen LogP contribution in [0.25, 0.3) is 148 Å². The summed E-state index contributed by atoms with van der Waals surface area (Å²) in [6.07, 6.45) is 0. The maximum absolute atomic E-state index is 11.8. The normalized spacial score (nSPS) is 12.3. The summed E-state index contributed by atoms with van der Waals surface area (Å²) in [4.78, 5) is 4.53. The molecule has 0 bridgehead atoms. The van der Waals surface area contributed by atoms with E-state index in [1.165, 1.54) is 65.9 Å². The fourth-order valence-electron chi connectivity index (χ4n) is 12.0. The summed E-state index contributed by atoms with van der Waals surface area (Å²) in [5, 5.41) is 25.8. The van der Waals surface area contributed by atoms with Crippen LogP contribution < -0.4 is 0 Å². The highest BCUT2D eigenvalue weighted by Gasteiger charge is 2.30. The van der Waals surface area contributed by atoms with Crippen LogP contribution in [0.4, 0.5) is 5.69 Å². The number of aromatic nitrogens is 3. The van der Waals surface area contributed by atoms with Gasteiger partial charge in [0.15, 0.2) is 0 Å². The average Bonchev–Trinajstić information content (AvgIpc) is 4.26. The van der Waals surface area contributed by atoms with Crippen LogP contribution >= 0.6 is 34.0 Å². The van der Waals surface area contributed by atoms with E-state index in [-0.39, 0.29) is 0 Å². The smallest absolute Gasteiger partial charge is 0.232 e. The second-order valence-corrected chi connectivity index (χ2v) is 21.3. The minimum Gasteiger partial charge on any atom is -0.317 e. The molecule has 6 heterocycles. The molecule has 0 N–H and O–H groups in total. The van der Waals surface area contributed by atoms with Gasteiger partial charge in [0.2, 0.25) is 5.69 Å². The maximum Gasteiger partial charge on any atom is 0.232 e. The lowest BCUT2D eigenvalue weighted by molar-refractivity contribution is 1.08. The first-order chi connectivity index (χ1) is 34.7. The van der Waals surface area contributed by atoms with Crippen LogP contribution in [-0.2, 0) is 0 Å². The van der Waals surface area contributed by atoms with Crippen molar-refractivity contribution in [2.24, 2.45) is 0 Å². The Hall–Kier alpha value is -8.76. The average molecular weight is 942 g/mol. The van der Waals surface area contributed by atoms with Crippen molar-refractivity contribution in [2.75, 3.05) is 0 Å². The third-order valence-electron chi connectivity index (χ3n) is 14.7. The van der Waals surface area contributed by atoms with E-state index < -0.39 is 0 Å². The predicted molar refractivity (Wildman–Crippen MR) is 299 cm³/mol. The molecular weight excluding hydrogens is 911 g/mol. The molecule has 0 aliphatic carbocycles. The number of nitrogens with zero attached hydrogens (tertiary/aromatic N) is 5. The molecule has 5 nitrogen and oxygen atoms in total. The molecule has 10 aromatic carbocycles. The topological polar surface area (TPSA) is 42.9 Å². The molecule has 0 saturated heterocycles. The van der Waals surface area contributed by atoms with Crippen LogP contribution in [0.15, 0.2) is 188 Å². The Balaban J connectivity index is 1.14. The molecule has 0 amide bonds. The number of hydrogen-bond acceptors (Lipinski definition) is 4. The monoisotopic (exact) mass is 941 g/mol. The van der Waals surface area contributed by atoms with E-state index in [1.807, 2.05) is 22.7 Å². The molecule has 0 atom stereocenters. The highest BCUT2D eigenvalue weighted by molar-refractivity contribution is 7.26. The van der Waals surface area contributed by atoms with Crippen molar-refractivity contribution in [3.63, 3.8) is 0 Å². The first-order valence-electron chi connectivity index (χ1n) is 23.2. The molecule has 0 fully saturated rings. The molecule has 0 radical (unpaired) electrons. The third kappa shape index (κ3) is 4.82. The van der Waals surface area contributed by atoms with Gasteiger partial charge >= 0.3 is 0 Å². The zero-order chi connectivity index (χ0) is 45.9. The quantitative estimate of drug-likeness (QED) is 0.163. The maximum atomic E-state index is 11.8. The van der Waals surface area contributed by atoms with Gasteiger partial charge in [-0.25, -0.2) is 4.85 Å². The lowest BCUT2D eigenvalue weighted by Gasteiger charge is -2.22. The Kier molecular flexibility index (Phi) is 7.60. The van der Waals surface area contributed by atoms with E-state index >= 15 is 0 Å². The summed E-state index contributed by atoms with van der Waals surface area (Å²) in [7, 11) is 0. The van der Waals surface area contributed by atoms with Crippen LogP contribution in [0.3, 0.4) is 0 Å². The second-order valence-electron chi connectivity index (χ2n) is 18.1. The molecule has 0 unspecified atom stereocenters. The van der Waals surface area contributed by atoms with Gasteiger partial charge in [0.25, 0.3) is 0 Å². The van der Waals surface area contributed by atoms with Gasteiger partial charge in [0.1, 0.15) is 0 Å². The molecule has 0 spiro atoms. The van der Waals surface area contributed by atoms with Gasteiger partial charge in [0.05, 0.1) is 68.4 Å². The Labute approximate surface area is 410 Å². The van der Waals surface area contributed by atoms with Crippen molar-refractivity contribution in [2.45, 2.75) is 0 Å². The van der Waals surface area contributed by atoms with Gasteiger partial charge in [-0.2, -0.15) is 5.26 Å².